The van der Waals surface area contributed by atoms with Crippen molar-refractivity contribution in [3.63, 3.8) is 0 Å². The Kier molecular flexibility index (Phi) is 12.1. The third-order valence-electron chi connectivity index (χ3n) is 17.6. The zero-order valence-electron chi connectivity index (χ0n) is 34.7. The van der Waals surface area contributed by atoms with E-state index in [0.29, 0.717) is 44.9 Å². The van der Waals surface area contributed by atoms with Crippen molar-refractivity contribution in [2.45, 2.75) is 166 Å². The molecule has 2 saturated heterocycles. The van der Waals surface area contributed by atoms with Crippen LogP contribution in [0.4, 0.5) is 0 Å². The quantitative estimate of drug-likeness (QED) is 0.0956. The molecule has 0 radical (unpaired) electrons. The summed E-state index contributed by atoms with van der Waals surface area (Å²) in [6, 6.07) is 0. The van der Waals surface area contributed by atoms with E-state index in [1.807, 2.05) is 13.8 Å². The van der Waals surface area contributed by atoms with Crippen molar-refractivity contribution < 1.29 is 85.0 Å². The number of ether oxygens (including phenoxy) is 4. The average Bonchev–Trinajstić information content (AvgIpc) is 3.19. The van der Waals surface area contributed by atoms with E-state index in [4.69, 9.17) is 18.9 Å². The molecule has 17 heteroatoms. The lowest BCUT2D eigenvalue weighted by molar-refractivity contribution is -0.386. The molecule has 0 unspecified atom stereocenters. The van der Waals surface area contributed by atoms with Crippen LogP contribution < -0.4 is 0 Å². The van der Waals surface area contributed by atoms with Gasteiger partial charge in [0, 0.05) is 11.3 Å². The molecular formula is C42H68O17. The molecule has 0 bridgehead atoms. The number of hydrogen-bond acceptors (Lipinski definition) is 16. The lowest BCUT2D eigenvalue weighted by Gasteiger charge is -2.72. The smallest absolute Gasteiger partial charge is 0.310 e. The Hall–Kier alpha value is -1.39. The number of carboxylic acids is 1. The number of allylic oxidation sites excluding steroid dienone is 1. The van der Waals surface area contributed by atoms with E-state index >= 15 is 0 Å². The molecule has 2 aliphatic heterocycles. The minimum absolute atomic E-state index is 0.120. The van der Waals surface area contributed by atoms with Gasteiger partial charge in [-0.3, -0.25) is 4.79 Å². The summed E-state index contributed by atoms with van der Waals surface area (Å²) in [5.74, 6) is -2.03. The van der Waals surface area contributed by atoms with Crippen LogP contribution in [0.25, 0.3) is 0 Å². The minimum Gasteiger partial charge on any atom is -0.481 e. The molecule has 338 valence electrons. The molecule has 5 aliphatic carbocycles. The van der Waals surface area contributed by atoms with E-state index in [-0.39, 0.29) is 12.3 Å². The van der Waals surface area contributed by atoms with Crippen molar-refractivity contribution in [1.82, 2.24) is 0 Å². The summed E-state index contributed by atoms with van der Waals surface area (Å²) in [7, 11) is 0. The van der Waals surface area contributed by atoms with Gasteiger partial charge < -0.3 is 80.2 Å². The Morgan fingerprint density at radius 2 is 1.32 bits per heavy atom. The standard InChI is InChI=1S/C42H68O17/c1-37(2)10-12-41(36(54)55)13-11-39(4)19(25(41)32(37)53)6-7-23-38(3)14-20(47)33(42(17-45,18-46)24(38)8-9-40(23,39)5)59-35-31(29(51)27(49)22(16-44)57-35)58-34-30(52)28(50)26(48)21(15-43)56-34/h6,20-35,43-53H,7-18H2,1-5H3,(H,54,55)/t20-,21-,22-,23-,24-,25-,26-,27-,28+,29+,30-,31-,32+,33+,34+,35-,38-,39-,40-,41+/m1/s1. The third-order valence-corrected chi connectivity index (χ3v) is 17.6. The maximum absolute atomic E-state index is 13.1. The number of rotatable bonds is 9. The molecule has 20 atom stereocenters. The van der Waals surface area contributed by atoms with Gasteiger partial charge in [0.05, 0.1) is 50.2 Å². The predicted octanol–water partition coefficient (Wildman–Crippen LogP) is -1.23. The van der Waals surface area contributed by atoms with Gasteiger partial charge in [-0.2, -0.15) is 0 Å². The lowest BCUT2D eigenvalue weighted by atomic mass is 9.33. The summed E-state index contributed by atoms with van der Waals surface area (Å²) in [6.07, 6.45) is -14.8. The van der Waals surface area contributed by atoms with E-state index in [9.17, 15) is 66.1 Å². The van der Waals surface area contributed by atoms with E-state index in [2.05, 4.69) is 26.8 Å². The molecule has 7 aliphatic rings. The predicted molar refractivity (Wildman–Crippen MR) is 204 cm³/mol. The molecule has 6 fully saturated rings. The summed E-state index contributed by atoms with van der Waals surface area (Å²) in [6.45, 7) is 7.65. The van der Waals surface area contributed by atoms with E-state index in [1.165, 1.54) is 0 Å². The first-order valence-corrected chi connectivity index (χ1v) is 21.3. The van der Waals surface area contributed by atoms with Crippen molar-refractivity contribution in [3.05, 3.63) is 11.6 Å². The van der Waals surface area contributed by atoms with Crippen molar-refractivity contribution in [2.75, 3.05) is 26.4 Å². The maximum atomic E-state index is 13.1. The second-order valence-corrected chi connectivity index (χ2v) is 20.5. The van der Waals surface area contributed by atoms with Crippen LogP contribution >= 0.6 is 0 Å². The second kappa shape index (κ2) is 15.7. The molecule has 59 heavy (non-hydrogen) atoms. The monoisotopic (exact) mass is 844 g/mol. The van der Waals surface area contributed by atoms with Crippen molar-refractivity contribution >= 4 is 5.97 Å². The van der Waals surface area contributed by atoms with E-state index in [1.54, 1.807) is 0 Å². The second-order valence-electron chi connectivity index (χ2n) is 20.5. The number of carboxylic acid groups (broad SMARTS) is 1. The van der Waals surface area contributed by atoms with E-state index < -0.39 is 156 Å². The van der Waals surface area contributed by atoms with Gasteiger partial charge >= 0.3 is 5.97 Å². The van der Waals surface area contributed by atoms with E-state index in [0.717, 1.165) is 5.57 Å². The first-order valence-electron chi connectivity index (χ1n) is 21.3. The molecule has 2 heterocycles. The summed E-state index contributed by atoms with van der Waals surface area (Å²) in [5.41, 5.74) is -3.78. The Morgan fingerprint density at radius 1 is 0.729 bits per heavy atom. The number of carbonyl (C=O) groups is 1. The summed E-state index contributed by atoms with van der Waals surface area (Å²) >= 11 is 0. The normalized spacial score (nSPS) is 52.9. The molecule has 0 aromatic heterocycles. The molecule has 7 rings (SSSR count). The number of aliphatic hydroxyl groups excluding tert-OH is 11. The minimum atomic E-state index is -1.90. The van der Waals surface area contributed by atoms with Gasteiger partial charge in [-0.1, -0.05) is 46.3 Å². The van der Waals surface area contributed by atoms with Gasteiger partial charge in [-0.25, -0.2) is 0 Å². The number of aliphatic carboxylic acids is 1. The highest BCUT2D eigenvalue weighted by Gasteiger charge is 2.73. The van der Waals surface area contributed by atoms with Crippen molar-refractivity contribution in [1.29, 1.82) is 0 Å². The summed E-state index contributed by atoms with van der Waals surface area (Å²) in [4.78, 5) is 13.1. The van der Waals surface area contributed by atoms with Crippen LogP contribution in [0.15, 0.2) is 11.6 Å². The van der Waals surface area contributed by atoms with Crippen LogP contribution in [0.3, 0.4) is 0 Å². The molecule has 12 N–H and O–H groups in total. The number of aliphatic hydroxyl groups is 11. The molecule has 17 nitrogen and oxygen atoms in total. The molecule has 0 aromatic rings. The van der Waals surface area contributed by atoms with Crippen LogP contribution in [0.5, 0.6) is 0 Å². The maximum Gasteiger partial charge on any atom is 0.310 e. The molecule has 0 aromatic carbocycles. The topological polar surface area (TPSA) is 297 Å². The van der Waals surface area contributed by atoms with Crippen molar-refractivity contribution in [2.24, 2.45) is 50.2 Å². The fraction of sp³-hybridized carbons (Fsp3) is 0.929. The summed E-state index contributed by atoms with van der Waals surface area (Å²) < 4.78 is 23.8. The molecule has 0 spiro atoms. The highest BCUT2D eigenvalue weighted by molar-refractivity contribution is 5.77. The largest absolute Gasteiger partial charge is 0.481 e. The van der Waals surface area contributed by atoms with Crippen LogP contribution in [-0.4, -0.2) is 173 Å². The highest BCUT2D eigenvalue weighted by Crippen LogP contribution is 2.76. The first-order chi connectivity index (χ1) is 27.6. The number of hydrogen-bond donors (Lipinski definition) is 12. The Bertz CT molecular complexity index is 1590. The number of fused-ring (bicyclic) bond motifs is 7. The van der Waals surface area contributed by atoms with Crippen LogP contribution in [0.2, 0.25) is 0 Å². The zero-order valence-corrected chi connectivity index (χ0v) is 34.7. The average molecular weight is 845 g/mol. The van der Waals surface area contributed by atoms with Gasteiger partial charge in [0.25, 0.3) is 0 Å². The molecule has 4 saturated carbocycles. The summed E-state index contributed by atoms with van der Waals surface area (Å²) in [5, 5.41) is 131. The first kappa shape index (κ1) is 45.6. The lowest BCUT2D eigenvalue weighted by Crippen LogP contribution is -2.71. The van der Waals surface area contributed by atoms with Gasteiger partial charge in [0.1, 0.15) is 48.8 Å². The highest BCUT2D eigenvalue weighted by atomic mass is 16.8. The Balaban J connectivity index is 1.22. The third kappa shape index (κ3) is 6.46. The fourth-order valence-corrected chi connectivity index (χ4v) is 13.8. The zero-order chi connectivity index (χ0) is 43.4. The fourth-order valence-electron chi connectivity index (χ4n) is 13.8. The van der Waals surface area contributed by atoms with Crippen LogP contribution in [-0.2, 0) is 23.7 Å². The van der Waals surface area contributed by atoms with Gasteiger partial charge in [-0.05, 0) is 84.9 Å². The van der Waals surface area contributed by atoms with Gasteiger partial charge in [0.15, 0.2) is 12.6 Å². The molecular weight excluding hydrogens is 776 g/mol. The molecule has 0 amide bonds. The van der Waals surface area contributed by atoms with Gasteiger partial charge in [-0.15, -0.1) is 0 Å². The van der Waals surface area contributed by atoms with Crippen LogP contribution in [0.1, 0.15) is 86.0 Å². The SMILES string of the molecule is CC1(C)CC[C@]2(C(=O)O)CC[C@]3(C)C(=CC[C@@H]4[C@@]5(C)C[C@@H](O)[C@H](O[C@H]6O[C@H](CO)[C@@H](O)[C@H](O)[C@H]6O[C@@H]6O[C@H](CO)[C@@H](O)[C@H](O)[C@H]6O)C(CO)(CO)[C@@H]5CC[C@]43C)[C@@H]2[C@@H]1O. The van der Waals surface area contributed by atoms with Crippen molar-refractivity contribution in [3.8, 4) is 0 Å². The Morgan fingerprint density at radius 3 is 1.92 bits per heavy atom. The van der Waals surface area contributed by atoms with Gasteiger partial charge in [0.2, 0.25) is 0 Å². The van der Waals surface area contributed by atoms with Crippen LogP contribution in [0, 0.1) is 50.2 Å². The Labute approximate surface area is 344 Å².